The summed E-state index contributed by atoms with van der Waals surface area (Å²) in [5, 5.41) is 39.7. The van der Waals surface area contributed by atoms with Crippen molar-refractivity contribution >= 4 is 34.9 Å². The molecule has 450 valence electrons. The van der Waals surface area contributed by atoms with Crippen LogP contribution in [-0.4, -0.2) is 242 Å². The molecule has 3 aliphatic rings. The number of aromatic hydroxyl groups is 3. The van der Waals surface area contributed by atoms with Gasteiger partial charge < -0.3 is 88.1 Å². The molecule has 0 amide bonds. The van der Waals surface area contributed by atoms with Crippen LogP contribution in [0.5, 0.6) is 34.5 Å². The molecular weight excluding hydrogens is 1060 g/mol. The lowest BCUT2D eigenvalue weighted by molar-refractivity contribution is -0.122. The number of aliphatic imine (C=N–C) groups is 3. The molecule has 3 unspecified atom stereocenters. The number of rotatable bonds is 36. The van der Waals surface area contributed by atoms with Crippen LogP contribution in [0.25, 0.3) is 0 Å². The predicted octanol–water partition coefficient (Wildman–Crippen LogP) is 1.63. The average Bonchev–Trinajstić information content (AvgIpc) is 4.18. The van der Waals surface area contributed by atoms with Gasteiger partial charge in [-0.25, -0.2) is 15.0 Å². The minimum Gasteiger partial charge on any atom is -0.505 e. The van der Waals surface area contributed by atoms with Crippen LogP contribution in [0.2, 0.25) is 0 Å². The molecule has 0 radical (unpaired) electrons. The van der Waals surface area contributed by atoms with E-state index in [0.29, 0.717) is 173 Å². The third-order valence-corrected chi connectivity index (χ3v) is 12.3. The molecule has 3 aliphatic heterocycles. The number of hydrogen-bond acceptors (Lipinski definition) is 27. The first kappa shape index (κ1) is 66.8. The Bertz CT molecular complexity index is 2270. The summed E-state index contributed by atoms with van der Waals surface area (Å²) in [5.74, 6) is 2.17. The molecule has 81 heavy (non-hydrogen) atoms. The Labute approximate surface area is 472 Å². The molecule has 0 fully saturated rings. The lowest BCUT2D eigenvalue weighted by atomic mass is 9.99. The van der Waals surface area contributed by atoms with Crippen molar-refractivity contribution in [2.45, 2.75) is 58.2 Å². The Morgan fingerprint density at radius 1 is 0.407 bits per heavy atom. The van der Waals surface area contributed by atoms with Gasteiger partial charge >= 0.3 is 0 Å². The molecule has 6 rings (SSSR count). The number of pyridine rings is 3. The van der Waals surface area contributed by atoms with Gasteiger partial charge in [-0.3, -0.25) is 29.4 Å². The second kappa shape index (κ2) is 35.2. The molecule has 0 bridgehead atoms. The third-order valence-electron chi connectivity index (χ3n) is 12.3. The summed E-state index contributed by atoms with van der Waals surface area (Å²) >= 11 is 0. The van der Waals surface area contributed by atoms with Gasteiger partial charge in [0.25, 0.3) is 0 Å². The molecule has 3 aromatic heterocycles. The van der Waals surface area contributed by atoms with Crippen LogP contribution in [-0.2, 0) is 57.0 Å². The molecule has 0 spiro atoms. The van der Waals surface area contributed by atoms with Crippen LogP contribution in [0, 0.1) is 0 Å². The van der Waals surface area contributed by atoms with E-state index in [1.54, 1.807) is 42.1 Å². The molecule has 3 atom stereocenters. The number of Topliss-reactive ketones (excluding diaryl/α,β-unsaturated/α-hetero) is 3. The highest BCUT2D eigenvalue weighted by atomic mass is 16.6. The predicted molar refractivity (Wildman–Crippen MR) is 296 cm³/mol. The summed E-state index contributed by atoms with van der Waals surface area (Å²) in [6.45, 7) is 19.1. The maximum absolute atomic E-state index is 11.7. The number of nitrogens with zero attached hydrogens (tertiary/aromatic N) is 6. The summed E-state index contributed by atoms with van der Waals surface area (Å²) in [4.78, 5) is 60.4. The van der Waals surface area contributed by atoms with E-state index in [0.717, 1.165) is 0 Å². The van der Waals surface area contributed by atoms with Gasteiger partial charge in [0.1, 0.15) is 88.0 Å². The van der Waals surface area contributed by atoms with Crippen molar-refractivity contribution in [1.82, 2.24) is 30.9 Å². The Hall–Kier alpha value is -6.69. The molecule has 27 nitrogen and oxygen atoms in total. The number of hydrogen-bond donors (Lipinski definition) is 6. The Kier molecular flexibility index (Phi) is 29.1. The quantitative estimate of drug-likeness (QED) is 0.0451. The fourth-order valence-corrected chi connectivity index (χ4v) is 6.87. The molecule has 6 N–H and O–H groups in total. The Morgan fingerprint density at radius 3 is 0.827 bits per heavy atom. The monoisotopic (exact) mass is 1140 g/mol. The topological polar surface area (TPSA) is 334 Å². The zero-order valence-corrected chi connectivity index (χ0v) is 48.0. The van der Waals surface area contributed by atoms with Crippen LogP contribution in [0.4, 0.5) is 0 Å². The fourth-order valence-electron chi connectivity index (χ4n) is 6.87. The van der Waals surface area contributed by atoms with E-state index in [4.69, 9.17) is 56.8 Å². The molecule has 0 aromatic carbocycles. The van der Waals surface area contributed by atoms with Crippen LogP contribution in [0.1, 0.15) is 58.6 Å². The second-order valence-corrected chi connectivity index (χ2v) is 18.8. The van der Waals surface area contributed by atoms with Gasteiger partial charge in [-0.05, 0) is 41.5 Å². The standard InChI is InChI=1S/3C18H27N3O6/c3*1-13(22)18(2)12-20-17(21-18)16-15(23)10-14(11-19-16)27-9-8-26-7-6-25-5-4-24-3/h3*10-11,23H,4-9,12H2,1-3H3,(H,20,21). The number of amidine groups is 3. The van der Waals surface area contributed by atoms with Crippen molar-refractivity contribution in [2.24, 2.45) is 15.0 Å². The lowest BCUT2D eigenvalue weighted by Gasteiger charge is -2.21. The van der Waals surface area contributed by atoms with E-state index < -0.39 is 16.6 Å². The number of carbonyl (C=O) groups is 3. The number of ether oxygens (including phenoxy) is 12. The van der Waals surface area contributed by atoms with E-state index in [-0.39, 0.29) is 51.7 Å². The number of carbonyl (C=O) groups excluding carboxylic acids is 3. The minimum atomic E-state index is -0.761. The lowest BCUT2D eigenvalue weighted by Crippen LogP contribution is -2.49. The summed E-state index contributed by atoms with van der Waals surface area (Å²) in [6, 6.07) is 4.39. The average molecular weight is 1140 g/mol. The van der Waals surface area contributed by atoms with Crippen molar-refractivity contribution < 1.29 is 86.5 Å². The molecule has 0 aliphatic carbocycles. The molecule has 27 heteroatoms. The summed E-state index contributed by atoms with van der Waals surface area (Å²) in [7, 11) is 4.87. The van der Waals surface area contributed by atoms with Crippen molar-refractivity contribution in [1.29, 1.82) is 0 Å². The van der Waals surface area contributed by atoms with Gasteiger partial charge in [0.15, 0.2) is 34.9 Å². The van der Waals surface area contributed by atoms with E-state index >= 15 is 0 Å². The van der Waals surface area contributed by atoms with Gasteiger partial charge in [-0.1, -0.05) is 0 Å². The van der Waals surface area contributed by atoms with E-state index in [2.05, 4.69) is 45.9 Å². The van der Waals surface area contributed by atoms with E-state index in [1.165, 1.54) is 57.6 Å². The smallest absolute Gasteiger partial charge is 0.156 e. The SMILES string of the molecule is COCCOCCOCCOc1cnc(C2=NCC(C)(C(C)=O)N2)c(O)c1.COCCOCCOCCOc1cnc(C2=NCC(C)(C(C)=O)N2)c(O)c1.COCCOCCOCCOc1cnc(C2=NCC(C)(C(C)=O)N2)c(O)c1. The van der Waals surface area contributed by atoms with Gasteiger partial charge in [0.2, 0.25) is 0 Å². The van der Waals surface area contributed by atoms with Crippen molar-refractivity contribution in [3.05, 3.63) is 53.9 Å². The van der Waals surface area contributed by atoms with Crippen molar-refractivity contribution in [3.63, 3.8) is 0 Å². The molecule has 6 heterocycles. The van der Waals surface area contributed by atoms with Crippen LogP contribution in [0.15, 0.2) is 51.8 Å². The van der Waals surface area contributed by atoms with Gasteiger partial charge in [0, 0.05) is 39.5 Å². The summed E-state index contributed by atoms with van der Waals surface area (Å²) in [6.07, 6.45) is 4.49. The maximum atomic E-state index is 11.7. The van der Waals surface area contributed by atoms with Crippen LogP contribution in [0.3, 0.4) is 0 Å². The summed E-state index contributed by atoms with van der Waals surface area (Å²) < 4.78 is 63.1. The summed E-state index contributed by atoms with van der Waals surface area (Å²) in [5.41, 5.74) is -1.42. The molecule has 0 saturated carbocycles. The minimum absolute atomic E-state index is 0.0233. The first-order chi connectivity index (χ1) is 38.9. The van der Waals surface area contributed by atoms with E-state index in [1.807, 2.05) is 0 Å². The number of aromatic nitrogens is 3. The number of methoxy groups -OCH3 is 3. The van der Waals surface area contributed by atoms with Crippen molar-refractivity contribution in [3.8, 4) is 34.5 Å². The van der Waals surface area contributed by atoms with E-state index in [9.17, 15) is 29.7 Å². The fraction of sp³-hybridized carbons (Fsp3) is 0.611. The first-order valence-corrected chi connectivity index (χ1v) is 26.3. The van der Waals surface area contributed by atoms with Gasteiger partial charge in [-0.15, -0.1) is 0 Å². The zero-order chi connectivity index (χ0) is 59.1. The largest absolute Gasteiger partial charge is 0.505 e. The molecular formula is C54H81N9O18. The highest BCUT2D eigenvalue weighted by molar-refractivity contribution is 6.06. The van der Waals surface area contributed by atoms with Gasteiger partial charge in [-0.2, -0.15) is 0 Å². The molecule has 3 aromatic rings. The number of nitrogens with one attached hydrogen (secondary N) is 3. The van der Waals surface area contributed by atoms with Crippen molar-refractivity contribution in [2.75, 3.05) is 160 Å². The van der Waals surface area contributed by atoms with Crippen LogP contribution >= 0.6 is 0 Å². The maximum Gasteiger partial charge on any atom is 0.156 e. The zero-order valence-electron chi connectivity index (χ0n) is 48.0. The van der Waals surface area contributed by atoms with Gasteiger partial charge in [0.05, 0.1) is 137 Å². The number of ketones is 3. The van der Waals surface area contributed by atoms with Crippen LogP contribution < -0.4 is 30.2 Å². The molecule has 0 saturated heterocycles. The highest BCUT2D eigenvalue weighted by Crippen LogP contribution is 2.27. The first-order valence-electron chi connectivity index (χ1n) is 26.3. The highest BCUT2D eigenvalue weighted by Gasteiger charge is 2.38. The Balaban J connectivity index is 0.000000261. The Morgan fingerprint density at radius 2 is 0.630 bits per heavy atom. The second-order valence-electron chi connectivity index (χ2n) is 18.8. The normalized spacial score (nSPS) is 18.9. The third kappa shape index (κ3) is 22.6.